The Morgan fingerprint density at radius 2 is 2.00 bits per heavy atom. The smallest absolute Gasteiger partial charge is 0.302 e. The van der Waals surface area contributed by atoms with Crippen LogP contribution in [0.3, 0.4) is 0 Å². The normalized spacial score (nSPS) is 12.2. The molecule has 0 spiro atoms. The predicted molar refractivity (Wildman–Crippen MR) is 98.9 cm³/mol. The first-order valence-corrected chi connectivity index (χ1v) is 8.63. The largest absolute Gasteiger partial charge is 0.493 e. The van der Waals surface area contributed by atoms with Crippen LogP contribution in [0.4, 0.5) is 14.5 Å². The van der Waals surface area contributed by atoms with Gasteiger partial charge >= 0.3 is 5.97 Å². The van der Waals surface area contributed by atoms with Crippen molar-refractivity contribution < 1.29 is 23.0 Å². The molecule has 3 aromatic rings. The van der Waals surface area contributed by atoms with Gasteiger partial charge in [0.2, 0.25) is 11.5 Å². The second-order valence-electron chi connectivity index (χ2n) is 5.90. The van der Waals surface area contributed by atoms with Crippen LogP contribution in [-0.2, 0) is 9.53 Å². The topological polar surface area (TPSA) is 77.8 Å². The molecule has 0 bridgehead atoms. The van der Waals surface area contributed by atoms with Gasteiger partial charge in [-0.15, -0.1) is 10.2 Å². The van der Waals surface area contributed by atoms with Crippen molar-refractivity contribution in [2.45, 2.75) is 19.4 Å². The van der Waals surface area contributed by atoms with E-state index in [1.165, 1.54) is 20.2 Å². The Hall–Kier alpha value is -2.94. The fourth-order valence-electron chi connectivity index (χ4n) is 2.68. The van der Waals surface area contributed by atoms with Crippen LogP contribution in [0.5, 0.6) is 5.75 Å². The number of carbonyl (C=O) groups is 1. The lowest BCUT2D eigenvalue weighted by Crippen LogP contribution is -2.19. The first-order chi connectivity index (χ1) is 13.4. The first kappa shape index (κ1) is 19.8. The van der Waals surface area contributed by atoms with E-state index in [0.29, 0.717) is 10.7 Å². The van der Waals surface area contributed by atoms with E-state index in [1.807, 2.05) is 0 Å². The summed E-state index contributed by atoms with van der Waals surface area (Å²) in [4.78, 5) is 11.3. The Labute approximate surface area is 164 Å². The lowest BCUT2D eigenvalue weighted by molar-refractivity contribution is -0.141. The average molecular weight is 411 g/mol. The van der Waals surface area contributed by atoms with Crippen LogP contribution >= 0.6 is 11.6 Å². The number of carbonyl (C=O) groups excluding carboxylic acids is 1. The standard InChI is InChI=1S/C18H17ClF2N4O3/c1-10(26)28-9-14(11-3-5-12(19)6-4-11)22-13-7-15(27-2)17-23-24-18(16(20)21)25(17)8-13/h3-8,14,16,22H,9H2,1-2H3. The molecule has 0 aliphatic carbocycles. The minimum Gasteiger partial charge on any atom is -0.493 e. The van der Waals surface area contributed by atoms with Crippen LogP contribution in [-0.4, -0.2) is 34.3 Å². The highest BCUT2D eigenvalue weighted by molar-refractivity contribution is 6.30. The molecule has 0 aliphatic rings. The molecule has 1 N–H and O–H groups in total. The van der Waals surface area contributed by atoms with Crippen molar-refractivity contribution in [1.82, 2.24) is 14.6 Å². The quantitative estimate of drug-likeness (QED) is 0.592. The molecule has 7 nitrogen and oxygen atoms in total. The third kappa shape index (κ3) is 4.30. The van der Waals surface area contributed by atoms with E-state index in [-0.39, 0.29) is 18.0 Å². The molecule has 148 valence electrons. The van der Waals surface area contributed by atoms with E-state index in [1.54, 1.807) is 30.3 Å². The molecule has 10 heteroatoms. The maximum absolute atomic E-state index is 13.2. The number of ether oxygens (including phenoxy) is 2. The van der Waals surface area contributed by atoms with E-state index >= 15 is 0 Å². The Kier molecular flexibility index (Phi) is 5.93. The zero-order valence-electron chi connectivity index (χ0n) is 15.0. The third-order valence-electron chi connectivity index (χ3n) is 3.98. The van der Waals surface area contributed by atoms with Gasteiger partial charge in [-0.2, -0.15) is 0 Å². The molecule has 1 unspecified atom stereocenters. The molecule has 0 amide bonds. The molecule has 1 aromatic carbocycles. The molecular formula is C18H17ClF2N4O3. The van der Waals surface area contributed by atoms with Crippen molar-refractivity contribution in [2.24, 2.45) is 0 Å². The Morgan fingerprint density at radius 1 is 1.29 bits per heavy atom. The highest BCUT2D eigenvalue weighted by Gasteiger charge is 2.20. The van der Waals surface area contributed by atoms with E-state index in [0.717, 1.165) is 9.96 Å². The molecule has 3 rings (SSSR count). The number of anilines is 1. The summed E-state index contributed by atoms with van der Waals surface area (Å²) in [5.74, 6) is -0.667. The number of pyridine rings is 1. The van der Waals surface area contributed by atoms with Crippen LogP contribution in [0.2, 0.25) is 5.02 Å². The van der Waals surface area contributed by atoms with Gasteiger partial charge in [0.05, 0.1) is 18.8 Å². The minimum absolute atomic E-state index is 0.0290. The van der Waals surface area contributed by atoms with Crippen LogP contribution in [0.25, 0.3) is 5.65 Å². The Bertz CT molecular complexity index is 979. The van der Waals surface area contributed by atoms with Crippen LogP contribution < -0.4 is 10.1 Å². The summed E-state index contributed by atoms with van der Waals surface area (Å²) in [5.41, 5.74) is 1.42. The summed E-state index contributed by atoms with van der Waals surface area (Å²) in [6.07, 6.45) is -1.36. The third-order valence-corrected chi connectivity index (χ3v) is 4.23. The monoisotopic (exact) mass is 410 g/mol. The number of halogens is 3. The van der Waals surface area contributed by atoms with Crippen LogP contribution in [0.1, 0.15) is 30.8 Å². The molecule has 0 aliphatic heterocycles. The van der Waals surface area contributed by atoms with Gasteiger partial charge < -0.3 is 14.8 Å². The van der Waals surface area contributed by atoms with E-state index < -0.39 is 24.3 Å². The number of nitrogens with one attached hydrogen (secondary N) is 1. The summed E-state index contributed by atoms with van der Waals surface area (Å²) >= 11 is 5.93. The first-order valence-electron chi connectivity index (χ1n) is 8.25. The number of rotatable bonds is 7. The molecule has 0 saturated carbocycles. The zero-order valence-corrected chi connectivity index (χ0v) is 15.8. The van der Waals surface area contributed by atoms with Crippen LogP contribution in [0, 0.1) is 0 Å². The van der Waals surface area contributed by atoms with Gasteiger partial charge in [0.25, 0.3) is 6.43 Å². The zero-order chi connectivity index (χ0) is 20.3. The van der Waals surface area contributed by atoms with Crippen molar-refractivity contribution in [3.8, 4) is 5.75 Å². The fraction of sp³-hybridized carbons (Fsp3) is 0.278. The summed E-state index contributed by atoms with van der Waals surface area (Å²) in [6, 6.07) is 8.13. The highest BCUT2D eigenvalue weighted by Crippen LogP contribution is 2.29. The Balaban J connectivity index is 1.98. The van der Waals surface area contributed by atoms with Gasteiger partial charge in [-0.25, -0.2) is 8.78 Å². The SMILES string of the molecule is COc1cc(NC(COC(C)=O)c2ccc(Cl)cc2)cn2c(C(F)F)nnc12. The number of hydrogen-bond acceptors (Lipinski definition) is 6. The lowest BCUT2D eigenvalue weighted by atomic mass is 10.1. The lowest BCUT2D eigenvalue weighted by Gasteiger charge is -2.21. The second kappa shape index (κ2) is 8.39. The Morgan fingerprint density at radius 3 is 2.61 bits per heavy atom. The number of benzene rings is 1. The summed E-state index contributed by atoms with van der Waals surface area (Å²) in [7, 11) is 1.41. The van der Waals surface area contributed by atoms with E-state index in [4.69, 9.17) is 21.1 Å². The molecule has 0 saturated heterocycles. The highest BCUT2D eigenvalue weighted by atomic mass is 35.5. The van der Waals surface area contributed by atoms with Gasteiger partial charge in [-0.1, -0.05) is 23.7 Å². The number of esters is 1. The van der Waals surface area contributed by atoms with Crippen molar-refractivity contribution in [1.29, 1.82) is 0 Å². The van der Waals surface area contributed by atoms with Gasteiger partial charge in [-0.05, 0) is 17.7 Å². The summed E-state index contributed by atoms with van der Waals surface area (Å²) in [6.45, 7) is 1.33. The number of alkyl halides is 2. The summed E-state index contributed by atoms with van der Waals surface area (Å²) in [5, 5.41) is 11.0. The van der Waals surface area contributed by atoms with E-state index in [9.17, 15) is 13.6 Å². The summed E-state index contributed by atoms with van der Waals surface area (Å²) < 4.78 is 38.0. The molecule has 1 atom stereocenters. The van der Waals surface area contributed by atoms with Crippen molar-refractivity contribution >= 4 is 28.9 Å². The molecule has 0 fully saturated rings. The molecular weight excluding hydrogens is 394 g/mol. The van der Waals surface area contributed by atoms with Crippen molar-refractivity contribution in [3.05, 3.63) is 52.9 Å². The van der Waals surface area contributed by atoms with E-state index in [2.05, 4.69) is 15.5 Å². The maximum Gasteiger partial charge on any atom is 0.302 e. The number of hydrogen-bond donors (Lipinski definition) is 1. The van der Waals surface area contributed by atoms with Gasteiger partial charge in [-0.3, -0.25) is 9.20 Å². The van der Waals surface area contributed by atoms with Gasteiger partial charge in [0.1, 0.15) is 6.61 Å². The predicted octanol–water partition coefficient (Wildman–Crippen LogP) is 4.05. The number of nitrogens with zero attached hydrogens (tertiary/aromatic N) is 3. The number of fused-ring (bicyclic) bond motifs is 1. The van der Waals surface area contributed by atoms with Gasteiger partial charge in [0.15, 0.2) is 5.75 Å². The number of methoxy groups -OCH3 is 1. The van der Waals surface area contributed by atoms with Gasteiger partial charge in [0, 0.05) is 24.2 Å². The molecule has 2 heterocycles. The van der Waals surface area contributed by atoms with Crippen molar-refractivity contribution in [3.63, 3.8) is 0 Å². The second-order valence-corrected chi connectivity index (χ2v) is 6.34. The fourth-order valence-corrected chi connectivity index (χ4v) is 2.80. The average Bonchev–Trinajstić information content (AvgIpc) is 3.09. The van der Waals surface area contributed by atoms with Crippen molar-refractivity contribution in [2.75, 3.05) is 19.0 Å². The maximum atomic E-state index is 13.2. The molecule has 0 radical (unpaired) electrons. The number of aromatic nitrogens is 3. The molecule has 2 aromatic heterocycles. The molecule has 28 heavy (non-hydrogen) atoms. The van der Waals surface area contributed by atoms with Crippen LogP contribution in [0.15, 0.2) is 36.5 Å². The minimum atomic E-state index is -2.80.